The third-order valence-electron chi connectivity index (χ3n) is 2.84. The van der Waals surface area contributed by atoms with Crippen LogP contribution in [-0.4, -0.2) is 19.9 Å². The average Bonchev–Trinajstić information content (AvgIpc) is 2.80. The molecular formula is C13H15ClFN3O. The van der Waals surface area contributed by atoms with Crippen molar-refractivity contribution < 1.29 is 9.50 Å². The number of halogens is 2. The molecule has 1 N–H and O–H groups in total. The Morgan fingerprint density at radius 1 is 1.47 bits per heavy atom. The summed E-state index contributed by atoms with van der Waals surface area (Å²) in [7, 11) is 0. The van der Waals surface area contributed by atoms with Crippen LogP contribution in [0.5, 0.6) is 0 Å². The molecular weight excluding hydrogens is 269 g/mol. The van der Waals surface area contributed by atoms with E-state index in [4.69, 9.17) is 11.6 Å². The van der Waals surface area contributed by atoms with Gasteiger partial charge in [-0.3, -0.25) is 4.68 Å². The highest BCUT2D eigenvalue weighted by molar-refractivity contribution is 6.30. The minimum Gasteiger partial charge on any atom is -0.388 e. The Bertz CT molecular complexity index is 559. The van der Waals surface area contributed by atoms with E-state index < -0.39 is 11.9 Å². The van der Waals surface area contributed by atoms with Gasteiger partial charge < -0.3 is 5.11 Å². The van der Waals surface area contributed by atoms with Gasteiger partial charge in [0.15, 0.2) is 0 Å². The molecule has 19 heavy (non-hydrogen) atoms. The molecule has 6 heteroatoms. The second-order valence-corrected chi connectivity index (χ2v) is 4.70. The quantitative estimate of drug-likeness (QED) is 0.918. The predicted octanol–water partition coefficient (Wildman–Crippen LogP) is 2.76. The van der Waals surface area contributed by atoms with Crippen LogP contribution in [0.4, 0.5) is 4.39 Å². The van der Waals surface area contributed by atoms with Crippen LogP contribution >= 0.6 is 11.6 Å². The molecule has 1 atom stereocenters. The van der Waals surface area contributed by atoms with E-state index in [-0.39, 0.29) is 5.02 Å². The Morgan fingerprint density at radius 3 is 2.95 bits per heavy atom. The van der Waals surface area contributed by atoms with Gasteiger partial charge in [-0.15, -0.1) is 0 Å². The van der Waals surface area contributed by atoms with Crippen molar-refractivity contribution in [1.29, 1.82) is 0 Å². The summed E-state index contributed by atoms with van der Waals surface area (Å²) in [6, 6.07) is 4.20. The van der Waals surface area contributed by atoms with Gasteiger partial charge in [-0.2, -0.15) is 5.10 Å². The van der Waals surface area contributed by atoms with Crippen molar-refractivity contribution in [2.45, 2.75) is 32.4 Å². The van der Waals surface area contributed by atoms with Crippen molar-refractivity contribution in [3.8, 4) is 0 Å². The van der Waals surface area contributed by atoms with Crippen LogP contribution in [0.2, 0.25) is 5.02 Å². The molecule has 4 nitrogen and oxygen atoms in total. The number of rotatable bonds is 5. The topological polar surface area (TPSA) is 50.9 Å². The Kier molecular flexibility index (Phi) is 4.50. The average molecular weight is 284 g/mol. The van der Waals surface area contributed by atoms with Gasteiger partial charge in [-0.25, -0.2) is 9.37 Å². The summed E-state index contributed by atoms with van der Waals surface area (Å²) in [5.74, 6) is 0.210. The lowest BCUT2D eigenvalue weighted by Gasteiger charge is -2.12. The van der Waals surface area contributed by atoms with Gasteiger partial charge in [0.1, 0.15) is 18.0 Å². The van der Waals surface area contributed by atoms with Gasteiger partial charge in [0.05, 0.1) is 11.1 Å². The smallest absolute Gasteiger partial charge is 0.141 e. The fourth-order valence-corrected chi connectivity index (χ4v) is 2.04. The second-order valence-electron chi connectivity index (χ2n) is 4.29. The molecule has 1 aromatic carbocycles. The summed E-state index contributed by atoms with van der Waals surface area (Å²) in [5, 5.41) is 14.2. The molecule has 0 saturated heterocycles. The normalized spacial score (nSPS) is 12.6. The standard InChI is InChI=1S/C13H15ClFN3O/c1-2-5-18-13(16-8-17-18)7-12(19)9-3-4-11(15)10(14)6-9/h3-4,6,8,12,19H,2,5,7H2,1H3. The van der Waals surface area contributed by atoms with Crippen LogP contribution in [0.15, 0.2) is 24.5 Å². The summed E-state index contributed by atoms with van der Waals surface area (Å²) in [6.45, 7) is 2.80. The van der Waals surface area contributed by atoms with Gasteiger partial charge >= 0.3 is 0 Å². The highest BCUT2D eigenvalue weighted by atomic mass is 35.5. The van der Waals surface area contributed by atoms with Gasteiger partial charge in [-0.05, 0) is 24.1 Å². The number of aryl methyl sites for hydroxylation is 1. The van der Waals surface area contributed by atoms with Crippen LogP contribution in [0, 0.1) is 5.82 Å². The fourth-order valence-electron chi connectivity index (χ4n) is 1.86. The molecule has 0 amide bonds. The maximum absolute atomic E-state index is 13.1. The number of nitrogens with zero attached hydrogens (tertiary/aromatic N) is 3. The number of hydrogen-bond donors (Lipinski definition) is 1. The summed E-state index contributed by atoms with van der Waals surface area (Å²) in [4.78, 5) is 4.13. The summed E-state index contributed by atoms with van der Waals surface area (Å²) in [6.07, 6.45) is 1.95. The minimum atomic E-state index is -0.780. The van der Waals surface area contributed by atoms with E-state index in [1.165, 1.54) is 24.5 Å². The molecule has 0 aliphatic heterocycles. The zero-order chi connectivity index (χ0) is 13.8. The molecule has 2 rings (SSSR count). The van der Waals surface area contributed by atoms with Crippen molar-refractivity contribution in [1.82, 2.24) is 14.8 Å². The Morgan fingerprint density at radius 2 is 2.26 bits per heavy atom. The number of benzene rings is 1. The molecule has 1 unspecified atom stereocenters. The molecule has 1 aromatic heterocycles. The zero-order valence-corrected chi connectivity index (χ0v) is 11.3. The molecule has 0 fully saturated rings. The Hall–Kier alpha value is -1.46. The first-order valence-corrected chi connectivity index (χ1v) is 6.49. The summed E-state index contributed by atoms with van der Waals surface area (Å²) >= 11 is 5.70. The van der Waals surface area contributed by atoms with E-state index in [9.17, 15) is 9.50 Å². The molecule has 0 aliphatic carbocycles. The van der Waals surface area contributed by atoms with Crippen molar-refractivity contribution in [3.05, 3.63) is 46.8 Å². The van der Waals surface area contributed by atoms with Crippen LogP contribution < -0.4 is 0 Å². The van der Waals surface area contributed by atoms with E-state index >= 15 is 0 Å². The van der Waals surface area contributed by atoms with E-state index in [0.717, 1.165) is 13.0 Å². The van der Waals surface area contributed by atoms with Crippen LogP contribution in [0.3, 0.4) is 0 Å². The second kappa shape index (κ2) is 6.12. The van der Waals surface area contributed by atoms with E-state index in [2.05, 4.69) is 10.1 Å². The largest absolute Gasteiger partial charge is 0.388 e. The first-order valence-electron chi connectivity index (χ1n) is 6.11. The third-order valence-corrected chi connectivity index (χ3v) is 3.13. The maximum atomic E-state index is 13.1. The van der Waals surface area contributed by atoms with Gasteiger partial charge in [0.2, 0.25) is 0 Å². The molecule has 0 aliphatic rings. The molecule has 1 heterocycles. The SMILES string of the molecule is CCCn1ncnc1CC(O)c1ccc(F)c(Cl)c1. The van der Waals surface area contributed by atoms with Gasteiger partial charge in [0.25, 0.3) is 0 Å². The third kappa shape index (κ3) is 3.30. The number of aliphatic hydroxyl groups is 1. The van der Waals surface area contributed by atoms with Crippen molar-refractivity contribution in [2.75, 3.05) is 0 Å². The lowest BCUT2D eigenvalue weighted by Crippen LogP contribution is -2.10. The highest BCUT2D eigenvalue weighted by Gasteiger charge is 2.14. The summed E-state index contributed by atoms with van der Waals surface area (Å²) in [5.41, 5.74) is 0.567. The van der Waals surface area contributed by atoms with Crippen LogP contribution in [-0.2, 0) is 13.0 Å². The van der Waals surface area contributed by atoms with Crippen molar-refractivity contribution in [3.63, 3.8) is 0 Å². The lowest BCUT2D eigenvalue weighted by atomic mass is 10.1. The predicted molar refractivity (Wildman–Crippen MR) is 70.4 cm³/mol. The summed E-state index contributed by atoms with van der Waals surface area (Å²) < 4.78 is 14.8. The monoisotopic (exact) mass is 283 g/mol. The van der Waals surface area contributed by atoms with Crippen molar-refractivity contribution >= 4 is 11.6 Å². The lowest BCUT2D eigenvalue weighted by molar-refractivity contribution is 0.174. The number of aliphatic hydroxyl groups excluding tert-OH is 1. The highest BCUT2D eigenvalue weighted by Crippen LogP contribution is 2.23. The van der Waals surface area contributed by atoms with E-state index in [1.807, 2.05) is 6.92 Å². The minimum absolute atomic E-state index is 0.00609. The Labute approximate surface area is 115 Å². The van der Waals surface area contributed by atoms with E-state index in [1.54, 1.807) is 4.68 Å². The van der Waals surface area contributed by atoms with Crippen LogP contribution in [0.25, 0.3) is 0 Å². The number of aromatic nitrogens is 3. The number of hydrogen-bond acceptors (Lipinski definition) is 3. The Balaban J connectivity index is 2.13. The molecule has 102 valence electrons. The molecule has 0 radical (unpaired) electrons. The maximum Gasteiger partial charge on any atom is 0.141 e. The molecule has 0 spiro atoms. The molecule has 2 aromatic rings. The van der Waals surface area contributed by atoms with Gasteiger partial charge in [0, 0.05) is 13.0 Å². The first kappa shape index (κ1) is 14.0. The molecule has 0 bridgehead atoms. The van der Waals surface area contributed by atoms with Crippen LogP contribution in [0.1, 0.15) is 30.8 Å². The van der Waals surface area contributed by atoms with Crippen molar-refractivity contribution in [2.24, 2.45) is 0 Å². The zero-order valence-electron chi connectivity index (χ0n) is 10.6. The van der Waals surface area contributed by atoms with Gasteiger partial charge in [-0.1, -0.05) is 24.6 Å². The first-order chi connectivity index (χ1) is 9.11. The van der Waals surface area contributed by atoms with E-state index in [0.29, 0.717) is 17.8 Å². The fraction of sp³-hybridized carbons (Fsp3) is 0.385. The molecule has 0 saturated carbocycles.